The van der Waals surface area contributed by atoms with Crippen LogP contribution in [0.25, 0.3) is 0 Å². The van der Waals surface area contributed by atoms with E-state index >= 15 is 0 Å². The first-order valence-electron chi connectivity index (χ1n) is 7.27. The molecule has 0 amide bonds. The third-order valence-electron chi connectivity index (χ3n) is 3.85. The molecule has 0 bridgehead atoms. The van der Waals surface area contributed by atoms with Gasteiger partial charge < -0.3 is 10.6 Å². The Hall–Kier alpha value is -1.85. The van der Waals surface area contributed by atoms with Gasteiger partial charge in [0.2, 0.25) is 5.82 Å². The Morgan fingerprint density at radius 2 is 2.25 bits per heavy atom. The van der Waals surface area contributed by atoms with E-state index in [1.165, 1.54) is 25.3 Å². The number of nitrogens with one attached hydrogen (secondary N) is 2. The summed E-state index contributed by atoms with van der Waals surface area (Å²) in [4.78, 5) is 15.1. The molecule has 1 saturated carbocycles. The van der Waals surface area contributed by atoms with Gasteiger partial charge in [-0.2, -0.15) is 0 Å². The number of pyridine rings is 1. The molecule has 1 fully saturated rings. The first-order valence-corrected chi connectivity index (χ1v) is 7.27. The lowest BCUT2D eigenvalue weighted by Gasteiger charge is -2.32. The van der Waals surface area contributed by atoms with E-state index in [-0.39, 0.29) is 16.7 Å². The zero-order valence-electron chi connectivity index (χ0n) is 12.1. The zero-order valence-corrected chi connectivity index (χ0v) is 12.1. The molecule has 2 rings (SSSR count). The Morgan fingerprint density at radius 1 is 1.50 bits per heavy atom. The third kappa shape index (κ3) is 3.37. The van der Waals surface area contributed by atoms with Gasteiger partial charge >= 0.3 is 5.69 Å². The SMILES string of the molecule is CCCNc1ccc([N+](=O)[O-])c(NC(C)C2CCC2)n1. The van der Waals surface area contributed by atoms with Gasteiger partial charge in [0.15, 0.2) is 0 Å². The van der Waals surface area contributed by atoms with Crippen molar-refractivity contribution in [1.82, 2.24) is 4.98 Å². The maximum absolute atomic E-state index is 11.1. The second kappa shape index (κ2) is 6.54. The molecule has 1 atom stereocenters. The number of rotatable bonds is 7. The monoisotopic (exact) mass is 278 g/mol. The van der Waals surface area contributed by atoms with Gasteiger partial charge in [-0.1, -0.05) is 13.3 Å². The van der Waals surface area contributed by atoms with E-state index in [4.69, 9.17) is 0 Å². The topological polar surface area (TPSA) is 80.1 Å². The van der Waals surface area contributed by atoms with Gasteiger partial charge in [-0.3, -0.25) is 10.1 Å². The van der Waals surface area contributed by atoms with E-state index in [2.05, 4.69) is 29.5 Å². The molecule has 6 heteroatoms. The summed E-state index contributed by atoms with van der Waals surface area (Å²) in [6.45, 7) is 4.94. The Morgan fingerprint density at radius 3 is 2.80 bits per heavy atom. The molecule has 1 unspecified atom stereocenters. The molecular formula is C14H22N4O2. The zero-order chi connectivity index (χ0) is 14.5. The first-order chi connectivity index (χ1) is 9.61. The summed E-state index contributed by atoms with van der Waals surface area (Å²) in [5.41, 5.74) is 0.0400. The molecule has 20 heavy (non-hydrogen) atoms. The van der Waals surface area contributed by atoms with Crippen LogP contribution in [0, 0.1) is 16.0 Å². The summed E-state index contributed by atoms with van der Waals surface area (Å²) >= 11 is 0. The van der Waals surface area contributed by atoms with Crippen LogP contribution in [-0.2, 0) is 0 Å². The van der Waals surface area contributed by atoms with Crippen molar-refractivity contribution in [2.75, 3.05) is 17.2 Å². The maximum Gasteiger partial charge on any atom is 0.311 e. The predicted molar refractivity (Wildman–Crippen MR) is 80.1 cm³/mol. The molecule has 1 aliphatic rings. The van der Waals surface area contributed by atoms with Gasteiger partial charge in [0.1, 0.15) is 5.82 Å². The van der Waals surface area contributed by atoms with Gasteiger partial charge in [-0.25, -0.2) is 4.98 Å². The quantitative estimate of drug-likeness (QED) is 0.590. The van der Waals surface area contributed by atoms with Crippen molar-refractivity contribution in [1.29, 1.82) is 0 Å². The smallest absolute Gasteiger partial charge is 0.311 e. The average Bonchev–Trinajstić information content (AvgIpc) is 2.33. The van der Waals surface area contributed by atoms with Gasteiger partial charge in [0.25, 0.3) is 0 Å². The van der Waals surface area contributed by atoms with Crippen LogP contribution in [-0.4, -0.2) is 22.5 Å². The minimum absolute atomic E-state index is 0.0400. The lowest BCUT2D eigenvalue weighted by Crippen LogP contribution is -2.31. The van der Waals surface area contributed by atoms with Crippen molar-refractivity contribution >= 4 is 17.3 Å². The van der Waals surface area contributed by atoms with Gasteiger partial charge in [-0.05, 0) is 38.2 Å². The number of hydrogen-bond donors (Lipinski definition) is 2. The molecule has 0 saturated heterocycles. The summed E-state index contributed by atoms with van der Waals surface area (Å²) in [5.74, 6) is 1.65. The highest BCUT2D eigenvalue weighted by Crippen LogP contribution is 2.32. The molecule has 110 valence electrons. The van der Waals surface area contributed by atoms with Crippen molar-refractivity contribution in [3.05, 3.63) is 22.2 Å². The summed E-state index contributed by atoms with van der Waals surface area (Å²) < 4.78 is 0. The van der Waals surface area contributed by atoms with Crippen molar-refractivity contribution in [2.24, 2.45) is 5.92 Å². The van der Waals surface area contributed by atoms with Crippen LogP contribution >= 0.6 is 0 Å². The Kier molecular flexibility index (Phi) is 4.76. The van der Waals surface area contributed by atoms with E-state index in [0.717, 1.165) is 13.0 Å². The average molecular weight is 278 g/mol. The molecule has 1 aromatic heterocycles. The molecule has 1 aliphatic carbocycles. The van der Waals surface area contributed by atoms with Crippen molar-refractivity contribution in [2.45, 2.75) is 45.6 Å². The fourth-order valence-electron chi connectivity index (χ4n) is 2.33. The Balaban J connectivity index is 2.14. The lowest BCUT2D eigenvalue weighted by molar-refractivity contribution is -0.384. The minimum Gasteiger partial charge on any atom is -0.370 e. The summed E-state index contributed by atoms with van der Waals surface area (Å²) in [5, 5.41) is 17.5. The molecular weight excluding hydrogens is 256 g/mol. The molecule has 0 radical (unpaired) electrons. The number of hydrogen-bond acceptors (Lipinski definition) is 5. The van der Waals surface area contributed by atoms with E-state index in [1.54, 1.807) is 6.07 Å². The maximum atomic E-state index is 11.1. The molecule has 1 heterocycles. The highest BCUT2D eigenvalue weighted by atomic mass is 16.6. The van der Waals surface area contributed by atoms with Gasteiger partial charge in [0.05, 0.1) is 4.92 Å². The van der Waals surface area contributed by atoms with Crippen LogP contribution in [0.15, 0.2) is 12.1 Å². The fraction of sp³-hybridized carbons (Fsp3) is 0.643. The number of anilines is 2. The van der Waals surface area contributed by atoms with Gasteiger partial charge in [-0.15, -0.1) is 0 Å². The number of nitro groups is 1. The highest BCUT2D eigenvalue weighted by molar-refractivity contribution is 5.60. The molecule has 0 aromatic carbocycles. The largest absolute Gasteiger partial charge is 0.370 e. The molecule has 0 aliphatic heterocycles. The van der Waals surface area contributed by atoms with Crippen LogP contribution in [0.2, 0.25) is 0 Å². The Labute approximate surface area is 119 Å². The van der Waals surface area contributed by atoms with E-state index in [9.17, 15) is 10.1 Å². The first kappa shape index (κ1) is 14.6. The molecule has 2 N–H and O–H groups in total. The van der Waals surface area contributed by atoms with E-state index < -0.39 is 0 Å². The lowest BCUT2D eigenvalue weighted by atomic mass is 9.80. The van der Waals surface area contributed by atoms with Crippen molar-refractivity contribution < 1.29 is 4.92 Å². The van der Waals surface area contributed by atoms with Crippen LogP contribution in [0.1, 0.15) is 39.5 Å². The molecule has 1 aromatic rings. The van der Waals surface area contributed by atoms with E-state index in [1.807, 2.05) is 0 Å². The number of aromatic nitrogens is 1. The predicted octanol–water partition coefficient (Wildman–Crippen LogP) is 3.41. The summed E-state index contributed by atoms with van der Waals surface area (Å²) in [6.07, 6.45) is 4.62. The van der Waals surface area contributed by atoms with Crippen LogP contribution < -0.4 is 10.6 Å². The van der Waals surface area contributed by atoms with Crippen LogP contribution in [0.4, 0.5) is 17.3 Å². The highest BCUT2D eigenvalue weighted by Gasteiger charge is 2.26. The van der Waals surface area contributed by atoms with Crippen molar-refractivity contribution in [3.63, 3.8) is 0 Å². The third-order valence-corrected chi connectivity index (χ3v) is 3.85. The fourth-order valence-corrected chi connectivity index (χ4v) is 2.33. The minimum atomic E-state index is -0.383. The van der Waals surface area contributed by atoms with Gasteiger partial charge in [0, 0.05) is 18.7 Å². The molecule has 6 nitrogen and oxygen atoms in total. The van der Waals surface area contributed by atoms with Crippen molar-refractivity contribution in [3.8, 4) is 0 Å². The number of nitrogens with zero attached hydrogens (tertiary/aromatic N) is 2. The normalized spacial score (nSPS) is 16.3. The second-order valence-electron chi connectivity index (χ2n) is 5.37. The molecule has 0 spiro atoms. The summed E-state index contributed by atoms with van der Waals surface area (Å²) in [6, 6.07) is 3.39. The summed E-state index contributed by atoms with van der Waals surface area (Å²) in [7, 11) is 0. The Bertz CT molecular complexity index is 474. The van der Waals surface area contributed by atoms with Crippen LogP contribution in [0.5, 0.6) is 0 Å². The standard InChI is InChI=1S/C14H22N4O2/c1-3-9-15-13-8-7-12(18(19)20)14(17-13)16-10(2)11-5-4-6-11/h7-8,10-11H,3-6,9H2,1-2H3,(H2,15,16,17). The second-order valence-corrected chi connectivity index (χ2v) is 5.37. The van der Waals surface area contributed by atoms with Crippen LogP contribution in [0.3, 0.4) is 0 Å². The van der Waals surface area contributed by atoms with E-state index in [0.29, 0.717) is 17.6 Å².